The molecule has 1 heterocycles. The Bertz CT molecular complexity index is 442. The van der Waals surface area contributed by atoms with Gasteiger partial charge in [-0.15, -0.1) is 0 Å². The number of fused-ring (bicyclic) bond motifs is 1. The van der Waals surface area contributed by atoms with Gasteiger partial charge in [-0.05, 0) is 42.0 Å². The Labute approximate surface area is 113 Å². The van der Waals surface area contributed by atoms with Crippen molar-refractivity contribution < 1.29 is 4.74 Å². The minimum Gasteiger partial charge on any atom is -0.493 e. The van der Waals surface area contributed by atoms with E-state index < -0.39 is 0 Å². The van der Waals surface area contributed by atoms with Crippen molar-refractivity contribution in [3.63, 3.8) is 0 Å². The van der Waals surface area contributed by atoms with E-state index in [9.17, 15) is 0 Å². The van der Waals surface area contributed by atoms with Gasteiger partial charge in [-0.25, -0.2) is 0 Å². The Balaban J connectivity index is 1.71. The van der Waals surface area contributed by atoms with E-state index in [0.29, 0.717) is 0 Å². The molecule has 0 spiro atoms. The number of hydrogen-bond acceptors (Lipinski definition) is 2. The SMILES string of the molecule is NC(Cc1cc(Cl)cc2c1OCC2)CC1CCC1. The maximum absolute atomic E-state index is 6.26. The molecule has 1 aromatic rings. The molecule has 0 radical (unpaired) electrons. The Morgan fingerprint density at radius 1 is 1.39 bits per heavy atom. The quantitative estimate of drug-likeness (QED) is 0.906. The summed E-state index contributed by atoms with van der Waals surface area (Å²) in [6.07, 6.45) is 7.10. The van der Waals surface area contributed by atoms with Gasteiger partial charge in [-0.1, -0.05) is 30.9 Å². The van der Waals surface area contributed by atoms with Crippen molar-refractivity contribution in [3.05, 3.63) is 28.3 Å². The zero-order chi connectivity index (χ0) is 12.5. The van der Waals surface area contributed by atoms with Gasteiger partial charge in [0, 0.05) is 17.5 Å². The van der Waals surface area contributed by atoms with Crippen LogP contribution in [0.2, 0.25) is 5.02 Å². The molecule has 0 aromatic heterocycles. The van der Waals surface area contributed by atoms with Crippen molar-refractivity contribution in [2.45, 2.75) is 44.6 Å². The van der Waals surface area contributed by atoms with Crippen LogP contribution in [0.15, 0.2) is 12.1 Å². The highest BCUT2D eigenvalue weighted by molar-refractivity contribution is 6.30. The Kier molecular flexibility index (Phi) is 3.49. The van der Waals surface area contributed by atoms with Gasteiger partial charge in [-0.2, -0.15) is 0 Å². The second kappa shape index (κ2) is 5.10. The summed E-state index contributed by atoms with van der Waals surface area (Å²) < 4.78 is 5.72. The van der Waals surface area contributed by atoms with Crippen LogP contribution in [-0.2, 0) is 12.8 Å². The summed E-state index contributed by atoms with van der Waals surface area (Å²) in [5.41, 5.74) is 8.70. The van der Waals surface area contributed by atoms with Crippen molar-refractivity contribution in [1.82, 2.24) is 0 Å². The molecular formula is C15H20ClNO. The van der Waals surface area contributed by atoms with Gasteiger partial charge in [0.25, 0.3) is 0 Å². The molecule has 1 fully saturated rings. The molecule has 3 rings (SSSR count). The van der Waals surface area contributed by atoms with Crippen LogP contribution in [0.3, 0.4) is 0 Å². The van der Waals surface area contributed by atoms with Crippen LogP contribution in [0.5, 0.6) is 5.75 Å². The lowest BCUT2D eigenvalue weighted by Crippen LogP contribution is -2.28. The summed E-state index contributed by atoms with van der Waals surface area (Å²) in [7, 11) is 0. The van der Waals surface area contributed by atoms with E-state index in [1.807, 2.05) is 12.1 Å². The highest BCUT2D eigenvalue weighted by Crippen LogP contribution is 2.35. The van der Waals surface area contributed by atoms with Crippen LogP contribution in [-0.4, -0.2) is 12.6 Å². The van der Waals surface area contributed by atoms with Crippen LogP contribution in [0, 0.1) is 5.92 Å². The monoisotopic (exact) mass is 265 g/mol. The van der Waals surface area contributed by atoms with Gasteiger partial charge in [0.2, 0.25) is 0 Å². The fraction of sp³-hybridized carbons (Fsp3) is 0.600. The number of halogens is 1. The Morgan fingerprint density at radius 2 is 2.22 bits per heavy atom. The highest BCUT2D eigenvalue weighted by Gasteiger charge is 2.23. The second-order valence-corrected chi connectivity index (χ2v) is 6.08. The zero-order valence-electron chi connectivity index (χ0n) is 10.6. The molecule has 1 saturated carbocycles. The number of rotatable bonds is 4. The van der Waals surface area contributed by atoms with E-state index in [4.69, 9.17) is 22.1 Å². The summed E-state index contributed by atoms with van der Waals surface area (Å²) in [5, 5.41) is 0.810. The van der Waals surface area contributed by atoms with Gasteiger partial charge in [0.05, 0.1) is 6.61 Å². The molecular weight excluding hydrogens is 246 g/mol. The molecule has 0 saturated heterocycles. The number of nitrogens with two attached hydrogens (primary N) is 1. The summed E-state index contributed by atoms with van der Waals surface area (Å²) in [5.74, 6) is 1.90. The minimum absolute atomic E-state index is 0.238. The molecule has 0 amide bonds. The third-order valence-corrected chi connectivity index (χ3v) is 4.39. The van der Waals surface area contributed by atoms with Crippen LogP contribution in [0.1, 0.15) is 36.8 Å². The Morgan fingerprint density at radius 3 is 2.94 bits per heavy atom. The first-order valence-corrected chi connectivity index (χ1v) is 7.30. The van der Waals surface area contributed by atoms with Gasteiger partial charge in [0.15, 0.2) is 0 Å². The van der Waals surface area contributed by atoms with Gasteiger partial charge in [-0.3, -0.25) is 0 Å². The first kappa shape index (κ1) is 12.3. The lowest BCUT2D eigenvalue weighted by Gasteiger charge is -2.28. The fourth-order valence-electron chi connectivity index (χ4n) is 3.02. The fourth-order valence-corrected chi connectivity index (χ4v) is 3.28. The summed E-state index contributed by atoms with van der Waals surface area (Å²) in [4.78, 5) is 0. The number of hydrogen-bond donors (Lipinski definition) is 1. The van der Waals surface area contributed by atoms with E-state index in [1.54, 1.807) is 0 Å². The lowest BCUT2D eigenvalue weighted by molar-refractivity contribution is 0.274. The molecule has 2 nitrogen and oxygen atoms in total. The lowest BCUT2D eigenvalue weighted by atomic mass is 9.80. The van der Waals surface area contributed by atoms with Crippen molar-refractivity contribution in [1.29, 1.82) is 0 Å². The van der Waals surface area contributed by atoms with Crippen molar-refractivity contribution in [2.75, 3.05) is 6.61 Å². The van der Waals surface area contributed by atoms with Gasteiger partial charge >= 0.3 is 0 Å². The molecule has 1 atom stereocenters. The van der Waals surface area contributed by atoms with E-state index in [1.165, 1.54) is 30.4 Å². The molecule has 1 aliphatic carbocycles. The van der Waals surface area contributed by atoms with Gasteiger partial charge in [0.1, 0.15) is 5.75 Å². The van der Waals surface area contributed by atoms with Crippen molar-refractivity contribution in [3.8, 4) is 5.75 Å². The molecule has 98 valence electrons. The second-order valence-electron chi connectivity index (χ2n) is 5.65. The largest absolute Gasteiger partial charge is 0.493 e. The third-order valence-electron chi connectivity index (χ3n) is 4.17. The summed E-state index contributed by atoms with van der Waals surface area (Å²) in [6.45, 7) is 0.778. The van der Waals surface area contributed by atoms with E-state index >= 15 is 0 Å². The van der Waals surface area contributed by atoms with E-state index in [2.05, 4.69) is 0 Å². The predicted molar refractivity (Wildman–Crippen MR) is 74.3 cm³/mol. The molecule has 1 aliphatic heterocycles. The molecule has 1 aromatic carbocycles. The standard InChI is InChI=1S/C15H20ClNO/c16-13-7-11-4-5-18-15(11)12(8-13)9-14(17)6-10-2-1-3-10/h7-8,10,14H,1-6,9,17H2. The molecule has 2 aliphatic rings. The molecule has 2 N–H and O–H groups in total. The maximum Gasteiger partial charge on any atom is 0.125 e. The van der Waals surface area contributed by atoms with Gasteiger partial charge < -0.3 is 10.5 Å². The zero-order valence-corrected chi connectivity index (χ0v) is 11.4. The van der Waals surface area contributed by atoms with Crippen LogP contribution >= 0.6 is 11.6 Å². The molecule has 18 heavy (non-hydrogen) atoms. The van der Waals surface area contributed by atoms with Crippen molar-refractivity contribution >= 4 is 11.6 Å². The Hall–Kier alpha value is -0.730. The average Bonchev–Trinajstić information content (AvgIpc) is 2.71. The first-order valence-electron chi connectivity index (χ1n) is 6.92. The smallest absolute Gasteiger partial charge is 0.125 e. The molecule has 3 heteroatoms. The normalized spacial score (nSPS) is 20.1. The van der Waals surface area contributed by atoms with Crippen LogP contribution in [0.4, 0.5) is 0 Å². The first-order chi connectivity index (χ1) is 8.72. The average molecular weight is 266 g/mol. The van der Waals surface area contributed by atoms with E-state index in [0.717, 1.165) is 42.6 Å². The number of ether oxygens (including phenoxy) is 1. The predicted octanol–water partition coefficient (Wildman–Crippen LogP) is 3.33. The highest BCUT2D eigenvalue weighted by atomic mass is 35.5. The summed E-state index contributed by atoms with van der Waals surface area (Å²) >= 11 is 6.16. The van der Waals surface area contributed by atoms with E-state index in [-0.39, 0.29) is 6.04 Å². The summed E-state index contributed by atoms with van der Waals surface area (Å²) in [6, 6.07) is 4.28. The molecule has 0 bridgehead atoms. The van der Waals surface area contributed by atoms with Crippen LogP contribution < -0.4 is 10.5 Å². The third kappa shape index (κ3) is 2.50. The molecule has 1 unspecified atom stereocenters. The minimum atomic E-state index is 0.238. The maximum atomic E-state index is 6.26. The topological polar surface area (TPSA) is 35.2 Å². The van der Waals surface area contributed by atoms with Crippen molar-refractivity contribution in [2.24, 2.45) is 11.7 Å². The van der Waals surface area contributed by atoms with Crippen LogP contribution in [0.25, 0.3) is 0 Å². The number of benzene rings is 1.